The summed E-state index contributed by atoms with van der Waals surface area (Å²) in [5, 5.41) is 0. The summed E-state index contributed by atoms with van der Waals surface area (Å²) in [6.07, 6.45) is 2.02. The SMILES string of the molecule is O=CN1CCC(c2cccc(Br)c2)C1. The average molecular weight is 254 g/mol. The summed E-state index contributed by atoms with van der Waals surface area (Å²) in [4.78, 5) is 12.4. The van der Waals surface area contributed by atoms with Gasteiger partial charge in [0.25, 0.3) is 0 Å². The molecule has 1 aliphatic heterocycles. The lowest BCUT2D eigenvalue weighted by Gasteiger charge is -2.10. The van der Waals surface area contributed by atoms with Crippen molar-refractivity contribution < 1.29 is 4.79 Å². The highest BCUT2D eigenvalue weighted by Gasteiger charge is 2.22. The number of benzene rings is 1. The van der Waals surface area contributed by atoms with Crippen molar-refractivity contribution in [1.29, 1.82) is 0 Å². The van der Waals surface area contributed by atoms with E-state index in [1.165, 1.54) is 5.56 Å². The van der Waals surface area contributed by atoms with E-state index in [-0.39, 0.29) is 0 Å². The molecule has 1 aliphatic rings. The van der Waals surface area contributed by atoms with Crippen molar-refractivity contribution in [3.63, 3.8) is 0 Å². The number of carbonyl (C=O) groups is 1. The second-order valence-corrected chi connectivity index (χ2v) is 4.56. The third kappa shape index (κ3) is 1.98. The summed E-state index contributed by atoms with van der Waals surface area (Å²) in [5.74, 6) is 0.512. The maximum absolute atomic E-state index is 10.6. The molecule has 1 atom stereocenters. The molecule has 1 unspecified atom stereocenters. The van der Waals surface area contributed by atoms with Crippen LogP contribution < -0.4 is 0 Å². The number of hydrogen-bond acceptors (Lipinski definition) is 1. The van der Waals surface area contributed by atoms with Crippen LogP contribution in [0.25, 0.3) is 0 Å². The van der Waals surface area contributed by atoms with Crippen LogP contribution in [0.5, 0.6) is 0 Å². The third-order valence-corrected chi connectivity index (χ3v) is 3.18. The fourth-order valence-corrected chi connectivity index (χ4v) is 2.33. The number of nitrogens with zero attached hydrogens (tertiary/aromatic N) is 1. The molecule has 2 nitrogen and oxygen atoms in total. The molecule has 1 fully saturated rings. The summed E-state index contributed by atoms with van der Waals surface area (Å²) >= 11 is 3.46. The van der Waals surface area contributed by atoms with Crippen molar-refractivity contribution in [2.45, 2.75) is 12.3 Å². The largest absolute Gasteiger partial charge is 0.345 e. The van der Waals surface area contributed by atoms with Gasteiger partial charge in [0.05, 0.1) is 0 Å². The summed E-state index contributed by atoms with van der Waals surface area (Å²) in [5.41, 5.74) is 1.32. The molecule has 1 aromatic rings. The zero-order valence-corrected chi connectivity index (χ0v) is 9.40. The lowest BCUT2D eigenvalue weighted by molar-refractivity contribution is -0.117. The van der Waals surface area contributed by atoms with Crippen LogP contribution in [0.4, 0.5) is 0 Å². The molecule has 1 amide bonds. The first-order valence-electron chi connectivity index (χ1n) is 4.74. The highest BCUT2D eigenvalue weighted by Crippen LogP contribution is 2.27. The Hall–Kier alpha value is -0.830. The molecule has 2 rings (SSSR count). The predicted octanol–water partition coefficient (Wildman–Crippen LogP) is 2.39. The molecule has 0 aromatic heterocycles. The van der Waals surface area contributed by atoms with Crippen LogP contribution in [0.15, 0.2) is 28.7 Å². The van der Waals surface area contributed by atoms with Crippen LogP contribution in [0.1, 0.15) is 17.9 Å². The highest BCUT2D eigenvalue weighted by molar-refractivity contribution is 9.10. The molecule has 74 valence electrons. The van der Waals surface area contributed by atoms with Gasteiger partial charge in [-0.2, -0.15) is 0 Å². The van der Waals surface area contributed by atoms with Crippen molar-refractivity contribution in [3.8, 4) is 0 Å². The van der Waals surface area contributed by atoms with Gasteiger partial charge in [0, 0.05) is 23.5 Å². The van der Waals surface area contributed by atoms with Crippen LogP contribution >= 0.6 is 15.9 Å². The van der Waals surface area contributed by atoms with E-state index in [4.69, 9.17) is 0 Å². The van der Waals surface area contributed by atoms with Gasteiger partial charge in [0.2, 0.25) is 6.41 Å². The summed E-state index contributed by atoms with van der Waals surface area (Å²) < 4.78 is 1.11. The second-order valence-electron chi connectivity index (χ2n) is 3.64. The summed E-state index contributed by atoms with van der Waals surface area (Å²) in [6, 6.07) is 8.33. The molecule has 0 N–H and O–H groups in total. The minimum Gasteiger partial charge on any atom is -0.345 e. The van der Waals surface area contributed by atoms with Crippen LogP contribution in [0.3, 0.4) is 0 Å². The smallest absolute Gasteiger partial charge is 0.209 e. The lowest BCUT2D eigenvalue weighted by atomic mass is 9.99. The number of hydrogen-bond donors (Lipinski definition) is 0. The third-order valence-electron chi connectivity index (χ3n) is 2.69. The first-order valence-corrected chi connectivity index (χ1v) is 5.53. The molecule has 0 aliphatic carbocycles. The Balaban J connectivity index is 2.13. The first-order chi connectivity index (χ1) is 6.79. The van der Waals surface area contributed by atoms with Gasteiger partial charge < -0.3 is 4.90 Å². The first kappa shape index (κ1) is 9.71. The average Bonchev–Trinajstić information content (AvgIpc) is 2.66. The molecule has 1 heterocycles. The van der Waals surface area contributed by atoms with Gasteiger partial charge in [-0.1, -0.05) is 28.1 Å². The number of likely N-dealkylation sites (tertiary alicyclic amines) is 1. The van der Waals surface area contributed by atoms with E-state index in [0.29, 0.717) is 5.92 Å². The Morgan fingerprint density at radius 3 is 3.00 bits per heavy atom. The maximum atomic E-state index is 10.6. The Labute approximate surface area is 92.0 Å². The topological polar surface area (TPSA) is 20.3 Å². The predicted molar refractivity (Wildman–Crippen MR) is 59.1 cm³/mol. The molecule has 0 spiro atoms. The van der Waals surface area contributed by atoms with Crippen LogP contribution in [0.2, 0.25) is 0 Å². The number of carbonyl (C=O) groups excluding carboxylic acids is 1. The Morgan fingerprint density at radius 1 is 1.50 bits per heavy atom. The zero-order valence-electron chi connectivity index (χ0n) is 7.82. The molecule has 14 heavy (non-hydrogen) atoms. The van der Waals surface area contributed by atoms with E-state index in [1.807, 2.05) is 17.0 Å². The fraction of sp³-hybridized carbons (Fsp3) is 0.364. The Bertz CT molecular complexity index is 340. The lowest BCUT2D eigenvalue weighted by Crippen LogP contribution is -2.17. The standard InChI is InChI=1S/C11H12BrNO/c12-11-3-1-2-9(6-11)10-4-5-13(7-10)8-14/h1-3,6,8,10H,4-5,7H2. The van der Waals surface area contributed by atoms with Gasteiger partial charge in [0.15, 0.2) is 0 Å². The van der Waals surface area contributed by atoms with Crippen molar-refractivity contribution >= 4 is 22.3 Å². The van der Waals surface area contributed by atoms with Crippen molar-refractivity contribution in [2.24, 2.45) is 0 Å². The molecule has 0 radical (unpaired) electrons. The van der Waals surface area contributed by atoms with Crippen molar-refractivity contribution in [2.75, 3.05) is 13.1 Å². The quantitative estimate of drug-likeness (QED) is 0.742. The number of halogens is 1. The maximum Gasteiger partial charge on any atom is 0.209 e. The number of amides is 1. The van der Waals surface area contributed by atoms with Crippen LogP contribution in [-0.4, -0.2) is 24.4 Å². The molecule has 0 bridgehead atoms. The van der Waals surface area contributed by atoms with Gasteiger partial charge in [-0.25, -0.2) is 0 Å². The Morgan fingerprint density at radius 2 is 2.36 bits per heavy atom. The summed E-state index contributed by atoms with van der Waals surface area (Å²) in [6.45, 7) is 1.75. The van der Waals surface area contributed by atoms with Gasteiger partial charge in [-0.3, -0.25) is 4.79 Å². The molecular weight excluding hydrogens is 242 g/mol. The van der Waals surface area contributed by atoms with E-state index in [2.05, 4.69) is 28.1 Å². The molecule has 3 heteroatoms. The summed E-state index contributed by atoms with van der Waals surface area (Å²) in [7, 11) is 0. The molecule has 1 saturated heterocycles. The van der Waals surface area contributed by atoms with Crippen LogP contribution in [0, 0.1) is 0 Å². The monoisotopic (exact) mass is 253 g/mol. The van der Waals surface area contributed by atoms with Gasteiger partial charge >= 0.3 is 0 Å². The van der Waals surface area contributed by atoms with Crippen LogP contribution in [-0.2, 0) is 4.79 Å². The van der Waals surface area contributed by atoms with Crippen molar-refractivity contribution in [3.05, 3.63) is 34.3 Å². The van der Waals surface area contributed by atoms with Crippen molar-refractivity contribution in [1.82, 2.24) is 4.90 Å². The van der Waals surface area contributed by atoms with Gasteiger partial charge in [-0.05, 0) is 24.1 Å². The van der Waals surface area contributed by atoms with E-state index >= 15 is 0 Å². The van der Waals surface area contributed by atoms with E-state index in [0.717, 1.165) is 30.4 Å². The Kier molecular flexibility index (Phi) is 2.87. The zero-order chi connectivity index (χ0) is 9.97. The minimum absolute atomic E-state index is 0.512. The van der Waals surface area contributed by atoms with E-state index in [1.54, 1.807) is 0 Å². The number of rotatable bonds is 2. The molecule has 0 saturated carbocycles. The molecular formula is C11H12BrNO. The van der Waals surface area contributed by atoms with Gasteiger partial charge in [0.1, 0.15) is 0 Å². The van der Waals surface area contributed by atoms with Gasteiger partial charge in [-0.15, -0.1) is 0 Å². The van der Waals surface area contributed by atoms with E-state index in [9.17, 15) is 4.79 Å². The minimum atomic E-state index is 0.512. The fourth-order valence-electron chi connectivity index (χ4n) is 1.92. The highest BCUT2D eigenvalue weighted by atomic mass is 79.9. The van der Waals surface area contributed by atoms with E-state index < -0.39 is 0 Å². The normalized spacial score (nSPS) is 21.2. The molecule has 1 aromatic carbocycles. The second kappa shape index (κ2) is 4.13.